The van der Waals surface area contributed by atoms with Gasteiger partial charge in [0.05, 0.1) is 24.7 Å². The number of hydrogen-bond donors (Lipinski definition) is 5. The van der Waals surface area contributed by atoms with E-state index >= 15 is 0 Å². The Bertz CT molecular complexity index is 1640. The van der Waals surface area contributed by atoms with E-state index in [9.17, 15) is 33.6 Å². The Kier molecular flexibility index (Phi) is 11.4. The molecule has 0 aromatic heterocycles. The molecule has 2 aromatic carbocycles. The van der Waals surface area contributed by atoms with Crippen molar-refractivity contribution in [2.24, 2.45) is 11.5 Å². The van der Waals surface area contributed by atoms with Gasteiger partial charge in [-0.3, -0.25) is 34.3 Å². The molecule has 16 nitrogen and oxygen atoms in total. The van der Waals surface area contributed by atoms with Crippen LogP contribution in [-0.2, 0) is 33.4 Å². The van der Waals surface area contributed by atoms with Crippen molar-refractivity contribution in [1.29, 1.82) is 5.41 Å². The average Bonchev–Trinajstić information content (AvgIpc) is 3.27. The molecular formula is C32H39N7O9. The maximum atomic E-state index is 14.4. The molecule has 4 amide bonds. The second-order valence-corrected chi connectivity index (χ2v) is 11.5. The number of anilines is 2. The number of nitrogens with one attached hydrogen (secondary N) is 3. The van der Waals surface area contributed by atoms with Crippen LogP contribution in [0.2, 0.25) is 0 Å². The van der Waals surface area contributed by atoms with Crippen molar-refractivity contribution in [2.45, 2.75) is 77.9 Å². The lowest BCUT2D eigenvalue weighted by molar-refractivity contribution is -0.168. The normalized spacial score (nSPS) is 16.1. The van der Waals surface area contributed by atoms with Gasteiger partial charge in [-0.25, -0.2) is 14.5 Å². The summed E-state index contributed by atoms with van der Waals surface area (Å²) in [6.45, 7) is 8.26. The van der Waals surface area contributed by atoms with E-state index in [1.54, 1.807) is 19.9 Å². The number of para-hydroxylation sites is 1. The van der Waals surface area contributed by atoms with Gasteiger partial charge in [-0.1, -0.05) is 30.3 Å². The number of rotatable bonds is 13. The number of benzene rings is 2. The number of nitrogens with two attached hydrogens (primary N) is 2. The SMILES string of the molecule is CC(=O)c1ccc(C2NC(=O)N([C@](C(C)=O)(C(=O)OC(C)C)N(C(=O)[C@@H](N)CC(=O)OC(C)C)c3ccccc3)C2=O)c(NC(=N)N)c1. The number of carbonyl (C=O) groups is 7. The molecule has 0 bridgehead atoms. The molecule has 0 aliphatic carbocycles. The molecule has 0 spiro atoms. The van der Waals surface area contributed by atoms with Crippen molar-refractivity contribution in [3.05, 3.63) is 59.7 Å². The molecule has 0 radical (unpaired) electrons. The smallest absolute Gasteiger partial charge is 0.362 e. The van der Waals surface area contributed by atoms with E-state index in [1.165, 1.54) is 63.2 Å². The number of nitrogens with zero attached hydrogens (tertiary/aromatic N) is 2. The van der Waals surface area contributed by atoms with Gasteiger partial charge in [-0.2, -0.15) is 0 Å². The lowest BCUT2D eigenvalue weighted by Crippen LogP contribution is -2.74. The fourth-order valence-corrected chi connectivity index (χ4v) is 5.11. The highest BCUT2D eigenvalue weighted by Crippen LogP contribution is 2.38. The van der Waals surface area contributed by atoms with Crippen LogP contribution in [0.3, 0.4) is 0 Å². The summed E-state index contributed by atoms with van der Waals surface area (Å²) >= 11 is 0. The first-order chi connectivity index (χ1) is 22.4. The topological polar surface area (TPSA) is 244 Å². The molecule has 1 aliphatic heterocycles. The molecule has 1 heterocycles. The zero-order chi connectivity index (χ0) is 36.1. The minimum Gasteiger partial charge on any atom is -0.463 e. The maximum Gasteiger partial charge on any atom is 0.362 e. The van der Waals surface area contributed by atoms with Crippen LogP contribution in [0.15, 0.2) is 48.5 Å². The second kappa shape index (κ2) is 14.8. The molecule has 48 heavy (non-hydrogen) atoms. The number of ketones is 2. The molecule has 1 saturated heterocycles. The summed E-state index contributed by atoms with van der Waals surface area (Å²) in [6, 6.07) is 6.58. The maximum absolute atomic E-state index is 14.4. The first-order valence-electron chi connectivity index (χ1n) is 14.9. The summed E-state index contributed by atoms with van der Waals surface area (Å²) in [7, 11) is 0. The number of Topliss-reactive ketones (excluding diaryl/α,β-unsaturated/α-hetero) is 2. The van der Waals surface area contributed by atoms with E-state index in [0.29, 0.717) is 4.90 Å². The van der Waals surface area contributed by atoms with Crippen LogP contribution in [0.25, 0.3) is 0 Å². The monoisotopic (exact) mass is 665 g/mol. The highest BCUT2D eigenvalue weighted by molar-refractivity contribution is 6.24. The molecule has 0 saturated carbocycles. The van der Waals surface area contributed by atoms with Crippen LogP contribution in [0.5, 0.6) is 0 Å². The Hall–Kier alpha value is -5.64. The predicted octanol–water partition coefficient (Wildman–Crippen LogP) is 1.73. The molecule has 16 heteroatoms. The van der Waals surface area contributed by atoms with Crippen LogP contribution in [0, 0.1) is 5.41 Å². The molecule has 1 unspecified atom stereocenters. The lowest BCUT2D eigenvalue weighted by Gasteiger charge is -2.44. The standard InChI is InChI=1S/C32H39N7O9/c1-16(2)47-25(42)15-23(33)27(43)38(21-10-8-7-9-11-21)32(19(6)41,29(45)48-17(3)4)39-28(44)26(37-31(39)46)22-13-12-20(18(5)40)14-24(22)36-30(34)35/h7-14,16-17,23,26H,15,33H2,1-6H3,(H,37,46)(H4,34,35,36)/t23-,26?,32+/m0/s1. The van der Waals surface area contributed by atoms with Crippen LogP contribution in [0.1, 0.15) is 69.9 Å². The van der Waals surface area contributed by atoms with Gasteiger partial charge in [0.15, 0.2) is 17.5 Å². The third-order valence-electron chi connectivity index (χ3n) is 7.05. The van der Waals surface area contributed by atoms with E-state index in [-0.39, 0.29) is 33.2 Å². The minimum atomic E-state index is -3.12. The summed E-state index contributed by atoms with van der Waals surface area (Å²) < 4.78 is 10.6. The van der Waals surface area contributed by atoms with Crippen molar-refractivity contribution >= 4 is 58.7 Å². The Morgan fingerprint density at radius 2 is 1.60 bits per heavy atom. The van der Waals surface area contributed by atoms with Gasteiger partial charge in [0.2, 0.25) is 5.91 Å². The fourth-order valence-electron chi connectivity index (χ4n) is 5.11. The van der Waals surface area contributed by atoms with Crippen LogP contribution < -0.4 is 27.0 Å². The summed E-state index contributed by atoms with van der Waals surface area (Å²) in [4.78, 5) is 96.2. The Morgan fingerprint density at radius 3 is 2.12 bits per heavy atom. The third-order valence-corrected chi connectivity index (χ3v) is 7.05. The third kappa shape index (κ3) is 7.49. The average molecular weight is 666 g/mol. The second-order valence-electron chi connectivity index (χ2n) is 11.5. The van der Waals surface area contributed by atoms with Gasteiger partial charge in [-0.05, 0) is 59.7 Å². The number of carbonyl (C=O) groups excluding carboxylic acids is 7. The molecule has 7 N–H and O–H groups in total. The van der Waals surface area contributed by atoms with Gasteiger partial charge in [0.25, 0.3) is 11.6 Å². The van der Waals surface area contributed by atoms with E-state index in [4.69, 9.17) is 26.4 Å². The Balaban J connectivity index is 2.32. The van der Waals surface area contributed by atoms with Crippen molar-refractivity contribution in [2.75, 3.05) is 10.2 Å². The van der Waals surface area contributed by atoms with Crippen molar-refractivity contribution in [1.82, 2.24) is 10.2 Å². The number of urea groups is 1. The Morgan fingerprint density at radius 1 is 1.00 bits per heavy atom. The number of esters is 2. The first kappa shape index (κ1) is 36.8. The minimum absolute atomic E-state index is 0.00411. The molecule has 2 aromatic rings. The molecule has 1 aliphatic rings. The summed E-state index contributed by atoms with van der Waals surface area (Å²) in [6.07, 6.45) is -2.13. The van der Waals surface area contributed by atoms with E-state index in [1.807, 2.05) is 0 Å². The number of guanidine groups is 1. The van der Waals surface area contributed by atoms with E-state index < -0.39 is 77.9 Å². The number of imide groups is 1. The van der Waals surface area contributed by atoms with Gasteiger partial charge in [0, 0.05) is 22.5 Å². The lowest BCUT2D eigenvalue weighted by atomic mass is 9.95. The predicted molar refractivity (Wildman–Crippen MR) is 172 cm³/mol. The molecule has 1 fully saturated rings. The quantitative estimate of drug-likeness (QED) is 0.0513. The summed E-state index contributed by atoms with van der Waals surface area (Å²) in [5, 5.41) is 12.7. The zero-order valence-corrected chi connectivity index (χ0v) is 27.4. The fraction of sp³-hybridized carbons (Fsp3) is 0.375. The van der Waals surface area contributed by atoms with Crippen LogP contribution >= 0.6 is 0 Å². The number of hydrogen-bond acceptors (Lipinski definition) is 11. The molecule has 256 valence electrons. The summed E-state index contributed by atoms with van der Waals surface area (Å²) in [5.74, 6) is -6.78. The van der Waals surface area contributed by atoms with Crippen molar-refractivity contribution in [3.8, 4) is 0 Å². The number of amides is 4. The zero-order valence-electron chi connectivity index (χ0n) is 27.4. The van der Waals surface area contributed by atoms with Gasteiger partial charge in [-0.15, -0.1) is 0 Å². The van der Waals surface area contributed by atoms with Gasteiger partial charge in [0.1, 0.15) is 6.04 Å². The highest BCUT2D eigenvalue weighted by atomic mass is 16.6. The first-order valence-corrected chi connectivity index (χ1v) is 14.9. The Labute approximate surface area is 276 Å². The number of ether oxygens (including phenoxy) is 2. The largest absolute Gasteiger partial charge is 0.463 e. The van der Waals surface area contributed by atoms with E-state index in [2.05, 4.69) is 10.6 Å². The molecule has 3 atom stereocenters. The van der Waals surface area contributed by atoms with Gasteiger partial charge >= 0.3 is 18.0 Å². The van der Waals surface area contributed by atoms with Crippen LogP contribution in [0.4, 0.5) is 16.2 Å². The van der Waals surface area contributed by atoms with Crippen LogP contribution in [-0.4, -0.2) is 76.1 Å². The molecular weight excluding hydrogens is 626 g/mol. The van der Waals surface area contributed by atoms with Crippen molar-refractivity contribution < 1.29 is 43.0 Å². The van der Waals surface area contributed by atoms with E-state index in [0.717, 1.165) is 6.92 Å². The van der Waals surface area contributed by atoms with Gasteiger partial charge < -0.3 is 31.6 Å². The highest BCUT2D eigenvalue weighted by Gasteiger charge is 2.65. The van der Waals surface area contributed by atoms with Crippen molar-refractivity contribution in [3.63, 3.8) is 0 Å². The summed E-state index contributed by atoms with van der Waals surface area (Å²) in [5.41, 5.74) is 8.66. The molecule has 3 rings (SSSR count).